The number of hydrogen-bond donors (Lipinski definition) is 2. The largest absolute Gasteiger partial charge is 0.437 e. The molecule has 0 aliphatic rings. The third-order valence-electron chi connectivity index (χ3n) is 3.29. The summed E-state index contributed by atoms with van der Waals surface area (Å²) in [4.78, 5) is 7.83. The summed E-state index contributed by atoms with van der Waals surface area (Å²) in [6.45, 7) is 0. The Bertz CT molecular complexity index is 869. The maximum atomic E-state index is 13.1. The summed E-state index contributed by atoms with van der Waals surface area (Å²) in [5.74, 6) is 0.570. The zero-order valence-corrected chi connectivity index (χ0v) is 12.8. The van der Waals surface area contributed by atoms with Crippen molar-refractivity contribution in [3.8, 4) is 11.6 Å². The summed E-state index contributed by atoms with van der Waals surface area (Å²) in [6.07, 6.45) is -3.35. The lowest BCUT2D eigenvalue weighted by Gasteiger charge is -2.15. The average molecular weight is 346 g/mol. The molecule has 0 radical (unpaired) electrons. The minimum Gasteiger partial charge on any atom is -0.437 e. The summed E-state index contributed by atoms with van der Waals surface area (Å²) in [6, 6.07) is 13.8. The highest BCUT2D eigenvalue weighted by Gasteiger charge is 2.33. The van der Waals surface area contributed by atoms with Gasteiger partial charge in [0.25, 0.3) is 0 Å². The SMILES string of the molecule is Nc1c(Nc2ccccc2C(F)(F)F)ncnc1Oc1ccccc1. The zero-order chi connectivity index (χ0) is 17.9. The second-order valence-electron chi connectivity index (χ2n) is 5.02. The Morgan fingerprint density at radius 2 is 1.60 bits per heavy atom. The molecule has 8 heteroatoms. The number of rotatable bonds is 4. The summed E-state index contributed by atoms with van der Waals surface area (Å²) >= 11 is 0. The van der Waals surface area contributed by atoms with E-state index in [1.807, 2.05) is 6.07 Å². The average Bonchev–Trinajstić information content (AvgIpc) is 2.59. The number of nitrogens with one attached hydrogen (secondary N) is 1. The molecule has 5 nitrogen and oxygen atoms in total. The highest BCUT2D eigenvalue weighted by molar-refractivity contribution is 5.73. The first-order chi connectivity index (χ1) is 11.9. The minimum absolute atomic E-state index is 0.00308. The van der Waals surface area contributed by atoms with E-state index in [1.54, 1.807) is 24.3 Å². The first-order valence-electron chi connectivity index (χ1n) is 7.22. The van der Waals surface area contributed by atoms with Crippen LogP contribution in [0.1, 0.15) is 5.56 Å². The van der Waals surface area contributed by atoms with Crippen LogP contribution in [-0.4, -0.2) is 9.97 Å². The predicted octanol–water partition coefficient (Wildman–Crippen LogP) is 4.61. The van der Waals surface area contributed by atoms with Crippen LogP contribution in [0.15, 0.2) is 60.9 Å². The lowest BCUT2D eigenvalue weighted by atomic mass is 10.1. The van der Waals surface area contributed by atoms with Crippen molar-refractivity contribution in [1.29, 1.82) is 0 Å². The molecule has 0 atom stereocenters. The van der Waals surface area contributed by atoms with Crippen molar-refractivity contribution in [3.05, 3.63) is 66.5 Å². The van der Waals surface area contributed by atoms with Gasteiger partial charge in [-0.15, -0.1) is 0 Å². The number of halogens is 3. The highest BCUT2D eigenvalue weighted by Crippen LogP contribution is 2.37. The van der Waals surface area contributed by atoms with Gasteiger partial charge in [0.2, 0.25) is 5.88 Å². The smallest absolute Gasteiger partial charge is 0.418 e. The van der Waals surface area contributed by atoms with Crippen molar-refractivity contribution in [2.24, 2.45) is 0 Å². The summed E-state index contributed by atoms with van der Waals surface area (Å²) in [5.41, 5.74) is 4.97. The Balaban J connectivity index is 1.91. The van der Waals surface area contributed by atoms with Crippen molar-refractivity contribution in [2.45, 2.75) is 6.18 Å². The fourth-order valence-electron chi connectivity index (χ4n) is 2.13. The molecule has 3 N–H and O–H groups in total. The molecule has 2 aromatic carbocycles. The van der Waals surface area contributed by atoms with Crippen molar-refractivity contribution >= 4 is 17.2 Å². The number of anilines is 3. The molecule has 0 aliphatic heterocycles. The molecule has 0 amide bonds. The van der Waals surface area contributed by atoms with Gasteiger partial charge in [0.05, 0.1) is 11.3 Å². The molecule has 25 heavy (non-hydrogen) atoms. The first-order valence-corrected chi connectivity index (χ1v) is 7.22. The Hall–Kier alpha value is -3.29. The van der Waals surface area contributed by atoms with Gasteiger partial charge in [-0.1, -0.05) is 30.3 Å². The molecular formula is C17H13F3N4O. The van der Waals surface area contributed by atoms with Gasteiger partial charge in [-0.05, 0) is 24.3 Å². The lowest BCUT2D eigenvalue weighted by molar-refractivity contribution is -0.136. The van der Waals surface area contributed by atoms with Crippen LogP contribution in [0.2, 0.25) is 0 Å². The molecule has 0 bridgehead atoms. The van der Waals surface area contributed by atoms with E-state index in [9.17, 15) is 13.2 Å². The van der Waals surface area contributed by atoms with E-state index in [1.165, 1.54) is 18.2 Å². The van der Waals surface area contributed by atoms with Gasteiger partial charge in [0.1, 0.15) is 17.8 Å². The Labute approximate surface area is 141 Å². The van der Waals surface area contributed by atoms with Crippen molar-refractivity contribution < 1.29 is 17.9 Å². The van der Waals surface area contributed by atoms with Crippen LogP contribution in [0.25, 0.3) is 0 Å². The van der Waals surface area contributed by atoms with Gasteiger partial charge in [-0.25, -0.2) is 4.98 Å². The Kier molecular flexibility index (Phi) is 4.42. The van der Waals surface area contributed by atoms with Gasteiger partial charge >= 0.3 is 6.18 Å². The van der Waals surface area contributed by atoms with Crippen molar-refractivity contribution in [2.75, 3.05) is 11.1 Å². The van der Waals surface area contributed by atoms with Crippen LogP contribution >= 0.6 is 0 Å². The monoisotopic (exact) mass is 346 g/mol. The second kappa shape index (κ2) is 6.68. The van der Waals surface area contributed by atoms with E-state index in [-0.39, 0.29) is 23.1 Å². The molecule has 1 heterocycles. The van der Waals surface area contributed by atoms with Gasteiger partial charge in [-0.3, -0.25) is 0 Å². The van der Waals surface area contributed by atoms with Gasteiger partial charge in [0.15, 0.2) is 5.82 Å². The summed E-state index contributed by atoms with van der Waals surface area (Å²) < 4.78 is 44.8. The molecule has 0 saturated carbocycles. The number of para-hydroxylation sites is 2. The topological polar surface area (TPSA) is 73.1 Å². The van der Waals surface area contributed by atoms with Crippen LogP contribution in [0.3, 0.4) is 0 Å². The van der Waals surface area contributed by atoms with E-state index in [0.29, 0.717) is 5.75 Å². The van der Waals surface area contributed by atoms with Gasteiger partial charge in [0, 0.05) is 0 Å². The molecule has 0 spiro atoms. The number of hydrogen-bond acceptors (Lipinski definition) is 5. The summed E-state index contributed by atoms with van der Waals surface area (Å²) in [5, 5.41) is 2.60. The van der Waals surface area contributed by atoms with Gasteiger partial charge < -0.3 is 15.8 Å². The molecule has 128 valence electrons. The van der Waals surface area contributed by atoms with Crippen LogP contribution in [0.5, 0.6) is 11.6 Å². The first kappa shape index (κ1) is 16.6. The quantitative estimate of drug-likeness (QED) is 0.721. The van der Waals surface area contributed by atoms with E-state index in [2.05, 4.69) is 15.3 Å². The number of nitrogen functional groups attached to an aromatic ring is 1. The van der Waals surface area contributed by atoms with Crippen LogP contribution in [0, 0.1) is 0 Å². The fraction of sp³-hybridized carbons (Fsp3) is 0.0588. The Morgan fingerprint density at radius 3 is 2.32 bits per heavy atom. The highest BCUT2D eigenvalue weighted by atomic mass is 19.4. The molecule has 0 unspecified atom stereocenters. The molecule has 3 rings (SSSR count). The van der Waals surface area contributed by atoms with E-state index in [4.69, 9.17) is 10.5 Å². The van der Waals surface area contributed by atoms with E-state index in [0.717, 1.165) is 12.4 Å². The minimum atomic E-state index is -4.51. The lowest BCUT2D eigenvalue weighted by Crippen LogP contribution is -2.10. The van der Waals surface area contributed by atoms with Crippen molar-refractivity contribution in [1.82, 2.24) is 9.97 Å². The van der Waals surface area contributed by atoms with Crippen LogP contribution < -0.4 is 15.8 Å². The number of benzene rings is 2. The number of nitrogens with zero attached hydrogens (tertiary/aromatic N) is 2. The fourth-order valence-corrected chi connectivity index (χ4v) is 2.13. The maximum Gasteiger partial charge on any atom is 0.418 e. The van der Waals surface area contributed by atoms with Gasteiger partial charge in [-0.2, -0.15) is 18.2 Å². The number of alkyl halides is 3. The number of aromatic nitrogens is 2. The zero-order valence-electron chi connectivity index (χ0n) is 12.8. The van der Waals surface area contributed by atoms with Crippen LogP contribution in [0.4, 0.5) is 30.4 Å². The molecule has 0 fully saturated rings. The van der Waals surface area contributed by atoms with Crippen LogP contribution in [-0.2, 0) is 6.18 Å². The molecule has 0 saturated heterocycles. The second-order valence-corrected chi connectivity index (χ2v) is 5.02. The van der Waals surface area contributed by atoms with E-state index < -0.39 is 11.7 Å². The van der Waals surface area contributed by atoms with E-state index >= 15 is 0 Å². The third-order valence-corrected chi connectivity index (χ3v) is 3.29. The maximum absolute atomic E-state index is 13.1. The predicted molar refractivity (Wildman–Crippen MR) is 87.7 cm³/mol. The third kappa shape index (κ3) is 3.79. The molecular weight excluding hydrogens is 333 g/mol. The Morgan fingerprint density at radius 1 is 0.920 bits per heavy atom. The molecule has 0 aliphatic carbocycles. The van der Waals surface area contributed by atoms with Crippen molar-refractivity contribution in [3.63, 3.8) is 0 Å². The number of ether oxygens (including phenoxy) is 1. The number of nitrogens with two attached hydrogens (primary N) is 1. The normalized spacial score (nSPS) is 11.2. The molecule has 1 aromatic heterocycles. The summed E-state index contributed by atoms with van der Waals surface area (Å²) in [7, 11) is 0. The molecule has 3 aromatic rings. The standard InChI is InChI=1S/C17H13F3N4O/c18-17(19,20)12-8-4-5-9-13(12)24-15-14(21)16(23-10-22-15)25-11-6-2-1-3-7-11/h1-10H,21H2,(H,22,23,24).